The predicted octanol–water partition coefficient (Wildman–Crippen LogP) is 6.95. The van der Waals surface area contributed by atoms with Crippen LogP contribution in [0.3, 0.4) is 0 Å². The molecule has 3 atom stereocenters. The quantitative estimate of drug-likeness (QED) is 0.0173. The topological polar surface area (TPSA) is 244 Å². The monoisotopic (exact) mass is 930 g/mol. The molecular weight excluding hydrogens is 861 g/mol. The van der Waals surface area contributed by atoms with Gasteiger partial charge in [0.25, 0.3) is 11.8 Å². The van der Waals surface area contributed by atoms with Gasteiger partial charge in [0.15, 0.2) is 12.4 Å². The van der Waals surface area contributed by atoms with Crippen LogP contribution in [0, 0.1) is 5.92 Å². The summed E-state index contributed by atoms with van der Waals surface area (Å²) in [7, 11) is 0. The van der Waals surface area contributed by atoms with Gasteiger partial charge in [-0.15, -0.1) is 0 Å². The first-order valence-electron chi connectivity index (χ1n) is 22.9. The van der Waals surface area contributed by atoms with Gasteiger partial charge in [0, 0.05) is 5.56 Å². The fraction of sp³-hybridized carbons (Fsp3) is 0.617. The normalized spacial score (nSPS) is 12.4. The maximum atomic E-state index is 13.8. The molecule has 0 spiro atoms. The molecule has 0 aliphatic heterocycles. The Morgan fingerprint density at radius 3 is 2.00 bits per heavy atom. The molecule has 0 fully saturated rings. The number of amides is 4. The standard InChI is InChI=1S/C47H70N4O15/c1-9-14-18-19-33(36(13-5)51(31-52)66-46(59)65-47(6,7)8)42(55)48-30-49-44(57)38-23-22-37(64-38)32-20-21-34(39(27-32)63-29-41(54)61-25-16-11-3)43(56)50-35(45(58)62-26-17-12-4)28-40(53)60-24-15-10-2/h20-23,27,31,33,35-36H,9-19,24-26,28-30H2,1-8H3,(H,48,55)(H,49,57)(H,50,56)/t33-,35+,36-/m1/s1. The summed E-state index contributed by atoms with van der Waals surface area (Å²) in [6.45, 7) is 14.0. The summed E-state index contributed by atoms with van der Waals surface area (Å²) in [5.74, 6) is -5.09. The number of benzene rings is 1. The summed E-state index contributed by atoms with van der Waals surface area (Å²) in [5, 5.41) is 8.60. The Morgan fingerprint density at radius 2 is 1.39 bits per heavy atom. The van der Waals surface area contributed by atoms with Crippen LogP contribution >= 0.6 is 0 Å². The fourth-order valence-corrected chi connectivity index (χ4v) is 6.22. The number of unbranched alkanes of at least 4 members (excludes halogenated alkanes) is 5. The highest BCUT2D eigenvalue weighted by molar-refractivity contribution is 6.00. The first-order chi connectivity index (χ1) is 31.5. The molecule has 1 aromatic heterocycles. The van der Waals surface area contributed by atoms with E-state index in [1.165, 1.54) is 30.3 Å². The lowest BCUT2D eigenvalue weighted by molar-refractivity contribution is -0.182. The minimum absolute atomic E-state index is 0.0858. The van der Waals surface area contributed by atoms with E-state index in [1.807, 2.05) is 27.7 Å². The number of nitrogens with one attached hydrogen (secondary N) is 3. The summed E-state index contributed by atoms with van der Waals surface area (Å²) < 4.78 is 32.6. The molecule has 0 saturated heterocycles. The number of hydroxylamine groups is 2. The highest BCUT2D eigenvalue weighted by atomic mass is 16.8. The van der Waals surface area contributed by atoms with Crippen molar-refractivity contribution in [3.63, 3.8) is 0 Å². The molecule has 4 amide bonds. The average molecular weight is 931 g/mol. The molecule has 19 nitrogen and oxygen atoms in total. The molecule has 0 bridgehead atoms. The van der Waals surface area contributed by atoms with Gasteiger partial charge < -0.3 is 48.9 Å². The number of rotatable bonds is 31. The number of hydrogen-bond donors (Lipinski definition) is 3. The second-order valence-electron chi connectivity index (χ2n) is 16.4. The largest absolute Gasteiger partial charge is 0.534 e. The van der Waals surface area contributed by atoms with Crippen LogP contribution in [0.1, 0.15) is 153 Å². The second kappa shape index (κ2) is 30.1. The first-order valence-corrected chi connectivity index (χ1v) is 22.9. The van der Waals surface area contributed by atoms with Crippen molar-refractivity contribution < 1.29 is 71.3 Å². The number of esters is 3. The molecule has 0 saturated carbocycles. The van der Waals surface area contributed by atoms with Crippen molar-refractivity contribution in [1.82, 2.24) is 21.0 Å². The van der Waals surface area contributed by atoms with E-state index in [1.54, 1.807) is 27.7 Å². The summed E-state index contributed by atoms with van der Waals surface area (Å²) in [5.41, 5.74) is -0.650. The minimum atomic E-state index is -1.39. The number of hydrogen-bond acceptors (Lipinski definition) is 15. The summed E-state index contributed by atoms with van der Waals surface area (Å²) >= 11 is 0. The van der Waals surface area contributed by atoms with Gasteiger partial charge in [0.2, 0.25) is 12.3 Å². The Bertz CT molecular complexity index is 1870. The van der Waals surface area contributed by atoms with Gasteiger partial charge in [-0.1, -0.05) is 79.2 Å². The number of carbonyl (C=O) groups excluding carboxylic acids is 8. The molecule has 0 unspecified atom stereocenters. The molecule has 1 aromatic carbocycles. The summed E-state index contributed by atoms with van der Waals surface area (Å²) in [6.07, 6.45) is 5.87. The highest BCUT2D eigenvalue weighted by Gasteiger charge is 2.35. The van der Waals surface area contributed by atoms with Crippen LogP contribution in [0.5, 0.6) is 5.75 Å². The van der Waals surface area contributed by atoms with E-state index in [9.17, 15) is 38.4 Å². The Hall–Kier alpha value is -6.14. The predicted molar refractivity (Wildman–Crippen MR) is 241 cm³/mol. The van der Waals surface area contributed by atoms with Crippen molar-refractivity contribution in [2.45, 2.75) is 150 Å². The molecule has 2 rings (SSSR count). The Labute approximate surface area is 387 Å². The molecule has 0 aliphatic carbocycles. The summed E-state index contributed by atoms with van der Waals surface area (Å²) in [6, 6.07) is 4.92. The third kappa shape index (κ3) is 20.4. The number of nitrogens with zero attached hydrogens (tertiary/aromatic N) is 1. The molecular formula is C47H70N4O15. The number of carbonyl (C=O) groups is 8. The van der Waals surface area contributed by atoms with Crippen molar-refractivity contribution in [1.29, 1.82) is 0 Å². The van der Waals surface area contributed by atoms with Crippen molar-refractivity contribution in [2.75, 3.05) is 33.1 Å². The van der Waals surface area contributed by atoms with Gasteiger partial charge in [-0.2, -0.15) is 5.06 Å². The minimum Gasteiger partial charge on any atom is -0.481 e. The third-order valence-electron chi connectivity index (χ3n) is 9.76. The lowest BCUT2D eigenvalue weighted by atomic mass is 9.90. The zero-order chi connectivity index (χ0) is 49.1. The Balaban J connectivity index is 2.31. The zero-order valence-corrected chi connectivity index (χ0v) is 39.8. The van der Waals surface area contributed by atoms with Gasteiger partial charge in [-0.3, -0.25) is 24.0 Å². The van der Waals surface area contributed by atoms with Crippen LogP contribution in [0.25, 0.3) is 11.3 Å². The van der Waals surface area contributed by atoms with Gasteiger partial charge in [-0.25, -0.2) is 14.4 Å². The van der Waals surface area contributed by atoms with Crippen LogP contribution in [0.15, 0.2) is 34.7 Å². The van der Waals surface area contributed by atoms with Crippen LogP contribution in [-0.2, 0) is 47.8 Å². The van der Waals surface area contributed by atoms with Gasteiger partial charge in [-0.05, 0) is 77.1 Å². The van der Waals surface area contributed by atoms with E-state index >= 15 is 0 Å². The van der Waals surface area contributed by atoms with E-state index in [0.29, 0.717) is 44.1 Å². The lowest BCUT2D eigenvalue weighted by Crippen LogP contribution is -2.49. The lowest BCUT2D eigenvalue weighted by Gasteiger charge is -2.32. The van der Waals surface area contributed by atoms with Gasteiger partial charge in [0.05, 0.1) is 50.4 Å². The van der Waals surface area contributed by atoms with Crippen molar-refractivity contribution in [2.24, 2.45) is 5.92 Å². The zero-order valence-electron chi connectivity index (χ0n) is 39.8. The molecule has 19 heteroatoms. The van der Waals surface area contributed by atoms with E-state index in [0.717, 1.165) is 37.2 Å². The molecule has 1 heterocycles. The molecule has 368 valence electrons. The highest BCUT2D eigenvalue weighted by Crippen LogP contribution is 2.30. The van der Waals surface area contributed by atoms with Gasteiger partial charge in [0.1, 0.15) is 23.2 Å². The maximum Gasteiger partial charge on any atom is 0.534 e. The molecule has 66 heavy (non-hydrogen) atoms. The van der Waals surface area contributed by atoms with Crippen LogP contribution in [-0.4, -0.2) is 104 Å². The van der Waals surface area contributed by atoms with Crippen LogP contribution in [0.2, 0.25) is 0 Å². The third-order valence-corrected chi connectivity index (χ3v) is 9.76. The molecule has 0 aliphatic rings. The molecule has 2 aromatic rings. The molecule has 0 radical (unpaired) electrons. The van der Waals surface area contributed by atoms with Crippen molar-refractivity contribution in [3.05, 3.63) is 41.7 Å². The van der Waals surface area contributed by atoms with E-state index in [-0.39, 0.29) is 55.7 Å². The van der Waals surface area contributed by atoms with E-state index in [2.05, 4.69) is 16.0 Å². The van der Waals surface area contributed by atoms with E-state index < -0.39 is 78.4 Å². The second-order valence-corrected chi connectivity index (χ2v) is 16.4. The van der Waals surface area contributed by atoms with Crippen molar-refractivity contribution >= 4 is 48.2 Å². The van der Waals surface area contributed by atoms with Crippen molar-refractivity contribution in [3.8, 4) is 17.1 Å². The van der Waals surface area contributed by atoms with E-state index in [4.69, 9.17) is 32.9 Å². The average Bonchev–Trinajstić information content (AvgIpc) is 3.77. The van der Waals surface area contributed by atoms with Crippen LogP contribution in [0.4, 0.5) is 4.79 Å². The molecule has 3 N–H and O–H groups in total. The maximum absolute atomic E-state index is 13.8. The first kappa shape index (κ1) is 56.0. The van der Waals surface area contributed by atoms with Gasteiger partial charge >= 0.3 is 24.1 Å². The number of ether oxygens (including phenoxy) is 5. The Morgan fingerprint density at radius 1 is 0.758 bits per heavy atom. The van der Waals surface area contributed by atoms with Crippen LogP contribution < -0.4 is 20.7 Å². The SMILES string of the molecule is CCCCC[C@@H](C(=O)NCNC(=O)c1ccc(-c2ccc(C(=O)N[C@@H](CC(=O)OCCCC)C(=O)OCCCC)c(OCC(=O)OCCCC)c2)o1)[C@@H](CC)N(C=O)OC(=O)OC(C)(C)C. The summed E-state index contributed by atoms with van der Waals surface area (Å²) in [4.78, 5) is 109. The Kier molecular flexibility index (Phi) is 25.6. The number of furan rings is 1. The fourth-order valence-electron chi connectivity index (χ4n) is 6.22. The smallest absolute Gasteiger partial charge is 0.481 e.